The van der Waals surface area contributed by atoms with Crippen molar-refractivity contribution in [2.24, 2.45) is 5.73 Å². The zero-order valence-electron chi connectivity index (χ0n) is 11.6. The molecule has 0 unspecified atom stereocenters. The van der Waals surface area contributed by atoms with E-state index in [-0.39, 0.29) is 18.4 Å². The Balaban J connectivity index is 2.21. The van der Waals surface area contributed by atoms with Crippen LogP contribution in [0.25, 0.3) is 0 Å². The number of benzene rings is 1. The van der Waals surface area contributed by atoms with Gasteiger partial charge in [0.1, 0.15) is 0 Å². The molecule has 0 radical (unpaired) electrons. The monoisotopic (exact) mass is 295 g/mol. The molecule has 1 aromatic rings. The lowest BCUT2D eigenvalue weighted by atomic mass is 10.2. The fraction of sp³-hybridized carbons (Fsp3) is 0.429. The van der Waals surface area contributed by atoms with E-state index in [1.165, 1.54) is 0 Å². The molecule has 0 aliphatic carbocycles. The van der Waals surface area contributed by atoms with Gasteiger partial charge in [-0.3, -0.25) is 9.59 Å². The van der Waals surface area contributed by atoms with E-state index in [4.69, 9.17) is 5.73 Å². The van der Waals surface area contributed by atoms with Gasteiger partial charge in [-0.15, -0.1) is 0 Å². The number of carbonyl (C=O) groups excluding carboxylic acids is 2. The van der Waals surface area contributed by atoms with Crippen LogP contribution in [0.3, 0.4) is 0 Å². The summed E-state index contributed by atoms with van der Waals surface area (Å²) in [5.74, 6) is 0.322. The molecule has 110 valence electrons. The molecule has 0 aliphatic heterocycles. The van der Waals surface area contributed by atoms with E-state index in [1.807, 2.05) is 36.6 Å². The highest BCUT2D eigenvalue weighted by atomic mass is 32.2. The Labute approximate surface area is 123 Å². The SMILES string of the molecule is CSCC[C@H](N)C(=O)NCC(=O)NCc1ccccc1. The normalized spacial score (nSPS) is 11.7. The number of hydrogen-bond donors (Lipinski definition) is 3. The van der Waals surface area contributed by atoms with Crippen molar-refractivity contribution in [1.82, 2.24) is 10.6 Å². The molecule has 1 rings (SSSR count). The minimum atomic E-state index is -0.552. The minimum absolute atomic E-state index is 0.0430. The highest BCUT2D eigenvalue weighted by Crippen LogP contribution is 1.98. The number of thioether (sulfide) groups is 1. The van der Waals surface area contributed by atoms with Crippen LogP contribution in [0.4, 0.5) is 0 Å². The average Bonchev–Trinajstić information content (AvgIpc) is 2.49. The minimum Gasteiger partial charge on any atom is -0.350 e. The van der Waals surface area contributed by atoms with Gasteiger partial charge >= 0.3 is 0 Å². The number of rotatable bonds is 8. The third-order valence-corrected chi connectivity index (χ3v) is 3.37. The molecule has 0 saturated carbocycles. The van der Waals surface area contributed by atoms with Crippen molar-refractivity contribution in [3.63, 3.8) is 0 Å². The lowest BCUT2D eigenvalue weighted by molar-refractivity contribution is -0.126. The van der Waals surface area contributed by atoms with Crippen LogP contribution in [0.5, 0.6) is 0 Å². The lowest BCUT2D eigenvalue weighted by Gasteiger charge is -2.11. The first-order valence-electron chi connectivity index (χ1n) is 6.46. The van der Waals surface area contributed by atoms with Gasteiger partial charge in [-0.2, -0.15) is 11.8 Å². The van der Waals surface area contributed by atoms with Crippen molar-refractivity contribution in [3.8, 4) is 0 Å². The second kappa shape index (κ2) is 9.39. The summed E-state index contributed by atoms with van der Waals surface area (Å²) in [6.07, 6.45) is 2.57. The lowest BCUT2D eigenvalue weighted by Crippen LogP contribution is -2.45. The number of carbonyl (C=O) groups is 2. The summed E-state index contributed by atoms with van der Waals surface area (Å²) in [5, 5.41) is 5.28. The first-order chi connectivity index (χ1) is 9.63. The van der Waals surface area contributed by atoms with E-state index in [0.29, 0.717) is 13.0 Å². The predicted octanol–water partition coefficient (Wildman–Crippen LogP) is 0.499. The Morgan fingerprint density at radius 1 is 1.25 bits per heavy atom. The van der Waals surface area contributed by atoms with Crippen molar-refractivity contribution < 1.29 is 9.59 Å². The largest absolute Gasteiger partial charge is 0.350 e. The standard InChI is InChI=1S/C14H21N3O2S/c1-20-8-7-12(15)14(19)17-10-13(18)16-9-11-5-3-2-4-6-11/h2-6,12H,7-10,15H2,1H3,(H,16,18)(H,17,19)/t12-/m0/s1. The van der Waals surface area contributed by atoms with Crippen LogP contribution in [0.2, 0.25) is 0 Å². The number of nitrogens with one attached hydrogen (secondary N) is 2. The Morgan fingerprint density at radius 3 is 2.60 bits per heavy atom. The van der Waals surface area contributed by atoms with E-state index in [0.717, 1.165) is 11.3 Å². The van der Waals surface area contributed by atoms with Gasteiger partial charge in [-0.1, -0.05) is 30.3 Å². The molecule has 5 nitrogen and oxygen atoms in total. The maximum absolute atomic E-state index is 11.6. The third kappa shape index (κ3) is 6.58. The maximum atomic E-state index is 11.6. The summed E-state index contributed by atoms with van der Waals surface area (Å²) in [6.45, 7) is 0.409. The molecular weight excluding hydrogens is 274 g/mol. The molecule has 0 spiro atoms. The van der Waals surface area contributed by atoms with Gasteiger partial charge in [-0.05, 0) is 24.0 Å². The van der Waals surface area contributed by atoms with Crippen LogP contribution < -0.4 is 16.4 Å². The molecule has 6 heteroatoms. The first-order valence-corrected chi connectivity index (χ1v) is 7.85. The molecule has 0 heterocycles. The maximum Gasteiger partial charge on any atom is 0.239 e. The summed E-state index contributed by atoms with van der Waals surface area (Å²) in [6, 6.07) is 9.04. The quantitative estimate of drug-likeness (QED) is 0.652. The van der Waals surface area contributed by atoms with Crippen LogP contribution >= 0.6 is 11.8 Å². The molecule has 0 saturated heterocycles. The van der Waals surface area contributed by atoms with Crippen LogP contribution in [0, 0.1) is 0 Å². The fourth-order valence-electron chi connectivity index (χ4n) is 1.53. The predicted molar refractivity (Wildman–Crippen MR) is 82.3 cm³/mol. The second-order valence-electron chi connectivity index (χ2n) is 4.37. The summed E-state index contributed by atoms with van der Waals surface area (Å²) in [4.78, 5) is 23.2. The van der Waals surface area contributed by atoms with Gasteiger partial charge in [0, 0.05) is 6.54 Å². The van der Waals surface area contributed by atoms with Gasteiger partial charge in [0.2, 0.25) is 11.8 Å². The average molecular weight is 295 g/mol. The third-order valence-electron chi connectivity index (χ3n) is 2.73. The van der Waals surface area contributed by atoms with Gasteiger partial charge in [-0.25, -0.2) is 0 Å². The highest BCUT2D eigenvalue weighted by Gasteiger charge is 2.13. The first kappa shape index (κ1) is 16.5. The molecule has 0 aliphatic rings. The summed E-state index contributed by atoms with van der Waals surface area (Å²) >= 11 is 1.64. The molecule has 20 heavy (non-hydrogen) atoms. The van der Waals surface area contributed by atoms with Gasteiger partial charge in [0.05, 0.1) is 12.6 Å². The number of hydrogen-bond acceptors (Lipinski definition) is 4. The van der Waals surface area contributed by atoms with Gasteiger partial charge in [0.25, 0.3) is 0 Å². The van der Waals surface area contributed by atoms with Crippen molar-refractivity contribution in [2.45, 2.75) is 19.0 Å². The molecule has 0 aromatic heterocycles. The molecule has 4 N–H and O–H groups in total. The topological polar surface area (TPSA) is 84.2 Å². The second-order valence-corrected chi connectivity index (χ2v) is 5.35. The Morgan fingerprint density at radius 2 is 1.95 bits per heavy atom. The molecule has 2 amide bonds. The number of amides is 2. The number of nitrogens with two attached hydrogens (primary N) is 1. The van der Waals surface area contributed by atoms with Crippen molar-refractivity contribution in [3.05, 3.63) is 35.9 Å². The molecule has 1 atom stereocenters. The Hall–Kier alpha value is -1.53. The highest BCUT2D eigenvalue weighted by molar-refractivity contribution is 7.98. The van der Waals surface area contributed by atoms with E-state index in [2.05, 4.69) is 10.6 Å². The van der Waals surface area contributed by atoms with E-state index >= 15 is 0 Å². The van der Waals surface area contributed by atoms with Gasteiger partial charge < -0.3 is 16.4 Å². The zero-order valence-corrected chi connectivity index (χ0v) is 12.4. The summed E-state index contributed by atoms with van der Waals surface area (Å²) in [7, 11) is 0. The summed E-state index contributed by atoms with van der Waals surface area (Å²) < 4.78 is 0. The van der Waals surface area contributed by atoms with E-state index in [9.17, 15) is 9.59 Å². The Bertz CT molecular complexity index is 426. The molecular formula is C14H21N3O2S. The van der Waals surface area contributed by atoms with Crippen LogP contribution in [-0.2, 0) is 16.1 Å². The van der Waals surface area contributed by atoms with E-state index in [1.54, 1.807) is 11.8 Å². The molecule has 1 aromatic carbocycles. The fourth-order valence-corrected chi connectivity index (χ4v) is 2.02. The van der Waals surface area contributed by atoms with Crippen molar-refractivity contribution >= 4 is 23.6 Å². The van der Waals surface area contributed by atoms with Crippen LogP contribution in [0.1, 0.15) is 12.0 Å². The smallest absolute Gasteiger partial charge is 0.239 e. The van der Waals surface area contributed by atoms with E-state index < -0.39 is 6.04 Å². The molecule has 0 bridgehead atoms. The summed E-state index contributed by atoms with van der Waals surface area (Å²) in [5.41, 5.74) is 6.71. The van der Waals surface area contributed by atoms with Crippen molar-refractivity contribution in [2.75, 3.05) is 18.6 Å². The molecule has 0 fully saturated rings. The Kier molecular flexibility index (Phi) is 7.75. The van der Waals surface area contributed by atoms with Crippen LogP contribution in [0.15, 0.2) is 30.3 Å². The van der Waals surface area contributed by atoms with Crippen LogP contribution in [-0.4, -0.2) is 36.4 Å². The van der Waals surface area contributed by atoms with Crippen molar-refractivity contribution in [1.29, 1.82) is 0 Å². The van der Waals surface area contributed by atoms with Gasteiger partial charge in [0.15, 0.2) is 0 Å². The zero-order chi connectivity index (χ0) is 14.8.